The highest BCUT2D eigenvalue weighted by Gasteiger charge is 2.29. The van der Waals surface area contributed by atoms with Crippen molar-refractivity contribution in [3.8, 4) is 11.5 Å². The van der Waals surface area contributed by atoms with Gasteiger partial charge in [-0.25, -0.2) is 4.68 Å². The van der Waals surface area contributed by atoms with Gasteiger partial charge >= 0.3 is 0 Å². The maximum atomic E-state index is 5.53. The summed E-state index contributed by atoms with van der Waals surface area (Å²) in [4.78, 5) is 2.14. The van der Waals surface area contributed by atoms with Crippen LogP contribution in [0.15, 0.2) is 18.2 Å². The molecule has 1 aliphatic heterocycles. The van der Waals surface area contributed by atoms with Gasteiger partial charge in [0.05, 0.1) is 12.1 Å². The Kier molecular flexibility index (Phi) is 4.10. The Morgan fingerprint density at radius 1 is 1.12 bits per heavy atom. The first kappa shape index (κ1) is 15.4. The molecular formula is C17H23N5O2. The first-order valence-corrected chi connectivity index (χ1v) is 8.58. The lowest BCUT2D eigenvalue weighted by Gasteiger charge is -2.28. The van der Waals surface area contributed by atoms with Gasteiger partial charge in [-0.05, 0) is 55.1 Å². The van der Waals surface area contributed by atoms with E-state index in [1.54, 1.807) is 0 Å². The summed E-state index contributed by atoms with van der Waals surface area (Å²) in [7, 11) is 4.10. The number of tetrazole rings is 1. The highest BCUT2D eigenvalue weighted by Crippen LogP contribution is 2.37. The van der Waals surface area contributed by atoms with E-state index in [0.717, 1.165) is 35.7 Å². The molecular weight excluding hydrogens is 306 g/mol. The van der Waals surface area contributed by atoms with E-state index in [1.807, 2.05) is 16.8 Å². The fourth-order valence-corrected chi connectivity index (χ4v) is 3.73. The zero-order chi connectivity index (χ0) is 16.5. The second kappa shape index (κ2) is 6.39. The van der Waals surface area contributed by atoms with E-state index in [2.05, 4.69) is 40.6 Å². The van der Waals surface area contributed by atoms with Crippen LogP contribution >= 0.6 is 0 Å². The maximum Gasteiger partial charge on any atom is 0.231 e. The standard InChI is InChI=1S/C17H23N5O2/c1-21(2)16(12-8-9-14-15(10-12)24-11-23-14)17-18-19-20-22(17)13-6-4-3-5-7-13/h8-10,13,16H,3-7,11H2,1-2H3/t16-/m0/s1. The van der Waals surface area contributed by atoms with E-state index in [0.29, 0.717) is 6.04 Å². The average Bonchev–Trinajstić information content (AvgIpc) is 3.24. The van der Waals surface area contributed by atoms with Crippen LogP contribution in [0, 0.1) is 0 Å². The van der Waals surface area contributed by atoms with E-state index >= 15 is 0 Å². The Hall–Kier alpha value is -2.15. The number of nitrogens with zero attached hydrogens (tertiary/aromatic N) is 5. The Labute approximate surface area is 141 Å². The van der Waals surface area contributed by atoms with Gasteiger partial charge in [-0.2, -0.15) is 0 Å². The summed E-state index contributed by atoms with van der Waals surface area (Å²) >= 11 is 0. The van der Waals surface area contributed by atoms with Crippen LogP contribution in [0.3, 0.4) is 0 Å². The molecule has 1 fully saturated rings. The largest absolute Gasteiger partial charge is 0.454 e. The summed E-state index contributed by atoms with van der Waals surface area (Å²) in [5.41, 5.74) is 1.11. The van der Waals surface area contributed by atoms with E-state index < -0.39 is 0 Å². The highest BCUT2D eigenvalue weighted by atomic mass is 16.7. The molecule has 4 rings (SSSR count). The lowest BCUT2D eigenvalue weighted by molar-refractivity contribution is 0.174. The smallest absolute Gasteiger partial charge is 0.231 e. The molecule has 1 atom stereocenters. The molecule has 24 heavy (non-hydrogen) atoms. The molecule has 0 spiro atoms. The predicted octanol–water partition coefficient (Wildman–Crippen LogP) is 2.56. The summed E-state index contributed by atoms with van der Waals surface area (Å²) in [5.74, 6) is 2.48. The van der Waals surface area contributed by atoms with Gasteiger partial charge in [0.2, 0.25) is 6.79 Å². The van der Waals surface area contributed by atoms with Crippen LogP contribution in [0.5, 0.6) is 11.5 Å². The molecule has 1 aromatic heterocycles. The molecule has 7 nitrogen and oxygen atoms in total. The molecule has 1 aliphatic carbocycles. The summed E-state index contributed by atoms with van der Waals surface area (Å²) in [6, 6.07) is 6.45. The molecule has 128 valence electrons. The van der Waals surface area contributed by atoms with Crippen molar-refractivity contribution in [1.82, 2.24) is 25.1 Å². The van der Waals surface area contributed by atoms with Gasteiger partial charge < -0.3 is 9.47 Å². The molecule has 0 amide bonds. The van der Waals surface area contributed by atoms with Gasteiger partial charge in [0.25, 0.3) is 0 Å². The second-order valence-electron chi connectivity index (χ2n) is 6.75. The van der Waals surface area contributed by atoms with Gasteiger partial charge in [-0.3, -0.25) is 4.90 Å². The molecule has 1 aromatic carbocycles. The molecule has 2 aliphatic rings. The minimum atomic E-state index is -0.0172. The van der Waals surface area contributed by atoms with Crippen LogP contribution in [-0.4, -0.2) is 46.0 Å². The number of hydrogen-bond acceptors (Lipinski definition) is 6. The van der Waals surface area contributed by atoms with Crippen LogP contribution in [0.2, 0.25) is 0 Å². The van der Waals surface area contributed by atoms with E-state index in [4.69, 9.17) is 9.47 Å². The summed E-state index contributed by atoms with van der Waals surface area (Å²) in [6.07, 6.45) is 6.12. The van der Waals surface area contributed by atoms with Crippen molar-refractivity contribution in [2.24, 2.45) is 0 Å². The average molecular weight is 329 g/mol. The third-order valence-corrected chi connectivity index (χ3v) is 4.91. The minimum Gasteiger partial charge on any atom is -0.454 e. The van der Waals surface area contributed by atoms with Crippen molar-refractivity contribution in [2.75, 3.05) is 20.9 Å². The molecule has 2 aromatic rings. The van der Waals surface area contributed by atoms with Crippen molar-refractivity contribution in [2.45, 2.75) is 44.2 Å². The molecule has 0 radical (unpaired) electrons. The van der Waals surface area contributed by atoms with Crippen molar-refractivity contribution < 1.29 is 9.47 Å². The van der Waals surface area contributed by atoms with Crippen molar-refractivity contribution in [3.63, 3.8) is 0 Å². The van der Waals surface area contributed by atoms with E-state index in [-0.39, 0.29) is 12.8 Å². The number of hydrogen-bond donors (Lipinski definition) is 0. The highest BCUT2D eigenvalue weighted by molar-refractivity contribution is 5.46. The molecule has 7 heteroatoms. The molecule has 0 N–H and O–H groups in total. The fraction of sp³-hybridized carbons (Fsp3) is 0.588. The number of ether oxygens (including phenoxy) is 2. The fourth-order valence-electron chi connectivity index (χ4n) is 3.73. The number of aromatic nitrogens is 4. The van der Waals surface area contributed by atoms with E-state index in [1.165, 1.54) is 19.3 Å². The Bertz CT molecular complexity index is 709. The first-order chi connectivity index (χ1) is 11.7. The zero-order valence-corrected chi connectivity index (χ0v) is 14.2. The lowest BCUT2D eigenvalue weighted by atomic mass is 9.95. The van der Waals surface area contributed by atoms with Gasteiger partial charge in [-0.1, -0.05) is 25.3 Å². The monoisotopic (exact) mass is 329 g/mol. The number of rotatable bonds is 4. The molecule has 0 bridgehead atoms. The number of benzene rings is 1. The van der Waals surface area contributed by atoms with Crippen LogP contribution in [0.1, 0.15) is 55.6 Å². The minimum absolute atomic E-state index is 0.0172. The van der Waals surface area contributed by atoms with Gasteiger partial charge in [-0.15, -0.1) is 5.10 Å². The SMILES string of the molecule is CN(C)[C@@H](c1ccc2c(c1)OCO2)c1nnnn1C1CCCCC1. The van der Waals surface area contributed by atoms with Crippen LogP contribution in [0.25, 0.3) is 0 Å². The molecule has 0 saturated heterocycles. The summed E-state index contributed by atoms with van der Waals surface area (Å²) < 4.78 is 13.0. The van der Waals surface area contributed by atoms with E-state index in [9.17, 15) is 0 Å². The molecule has 2 heterocycles. The summed E-state index contributed by atoms with van der Waals surface area (Å²) in [6.45, 7) is 0.283. The Balaban J connectivity index is 1.70. The van der Waals surface area contributed by atoms with Gasteiger partial charge in [0, 0.05) is 0 Å². The third kappa shape index (κ3) is 2.73. The predicted molar refractivity (Wildman–Crippen MR) is 88.0 cm³/mol. The normalized spacial score (nSPS) is 19.0. The lowest BCUT2D eigenvalue weighted by Crippen LogP contribution is -2.27. The van der Waals surface area contributed by atoms with Crippen molar-refractivity contribution in [3.05, 3.63) is 29.6 Å². The quantitative estimate of drug-likeness (QED) is 0.859. The number of fused-ring (bicyclic) bond motifs is 1. The van der Waals surface area contributed by atoms with Crippen LogP contribution < -0.4 is 9.47 Å². The Morgan fingerprint density at radius 3 is 2.71 bits per heavy atom. The zero-order valence-electron chi connectivity index (χ0n) is 14.2. The molecule has 0 unspecified atom stereocenters. The molecule has 1 saturated carbocycles. The van der Waals surface area contributed by atoms with Crippen molar-refractivity contribution >= 4 is 0 Å². The van der Waals surface area contributed by atoms with Crippen LogP contribution in [-0.2, 0) is 0 Å². The van der Waals surface area contributed by atoms with Gasteiger partial charge in [0.15, 0.2) is 17.3 Å². The summed E-state index contributed by atoms with van der Waals surface area (Å²) in [5, 5.41) is 12.7. The third-order valence-electron chi connectivity index (χ3n) is 4.91. The van der Waals surface area contributed by atoms with Crippen molar-refractivity contribution in [1.29, 1.82) is 0 Å². The maximum absolute atomic E-state index is 5.53. The Morgan fingerprint density at radius 2 is 1.92 bits per heavy atom. The first-order valence-electron chi connectivity index (χ1n) is 8.58. The topological polar surface area (TPSA) is 65.3 Å². The second-order valence-corrected chi connectivity index (χ2v) is 6.75. The van der Waals surface area contributed by atoms with Crippen LogP contribution in [0.4, 0.5) is 0 Å². The van der Waals surface area contributed by atoms with Gasteiger partial charge in [0.1, 0.15) is 0 Å².